The van der Waals surface area contributed by atoms with Crippen molar-refractivity contribution in [1.29, 1.82) is 10.5 Å². The second-order valence-corrected chi connectivity index (χ2v) is 9.43. The number of benzene rings is 1. The lowest BCUT2D eigenvalue weighted by molar-refractivity contribution is -0.145. The zero-order valence-electron chi connectivity index (χ0n) is 15.5. The highest BCUT2D eigenvalue weighted by Crippen LogP contribution is 2.67. The summed E-state index contributed by atoms with van der Waals surface area (Å²) < 4.78 is 0. The number of nitrogens with zero attached hydrogens (tertiary/aromatic N) is 2. The van der Waals surface area contributed by atoms with Crippen molar-refractivity contribution in [2.75, 3.05) is 0 Å². The van der Waals surface area contributed by atoms with Crippen LogP contribution >= 0.6 is 0 Å². The fraction of sp³-hybridized carbons (Fsp3) is 0.542. The second kappa shape index (κ2) is 5.80. The molecule has 0 aromatic heterocycles. The molecule has 136 valence electrons. The summed E-state index contributed by atoms with van der Waals surface area (Å²) in [5.41, 5.74) is -0.366. The smallest absolute Gasteiger partial charge is 0.161 e. The number of hydrogen-bond donors (Lipinski definition) is 0. The minimum Gasteiger partial charge on any atom is -0.299 e. The van der Waals surface area contributed by atoms with Crippen molar-refractivity contribution in [2.24, 2.45) is 40.4 Å². The predicted octanol–water partition coefficient (Wildman–Crippen LogP) is 4.76. The molecule has 0 amide bonds. The molecule has 0 saturated heterocycles. The van der Waals surface area contributed by atoms with Crippen molar-refractivity contribution in [2.45, 2.75) is 38.5 Å². The molecule has 4 bridgehead atoms. The minimum atomic E-state index is -1.16. The maximum Gasteiger partial charge on any atom is 0.161 e. The van der Waals surface area contributed by atoms with E-state index in [1.54, 1.807) is 0 Å². The Hall–Kier alpha value is -2.39. The van der Waals surface area contributed by atoms with E-state index in [-0.39, 0.29) is 17.1 Å². The topological polar surface area (TPSA) is 64.7 Å². The number of rotatable bonds is 4. The van der Waals surface area contributed by atoms with E-state index < -0.39 is 11.3 Å². The molecular weight excluding hydrogens is 332 g/mol. The molecule has 0 radical (unpaired) electrons. The summed E-state index contributed by atoms with van der Waals surface area (Å²) >= 11 is 0. The summed E-state index contributed by atoms with van der Waals surface area (Å²) in [6.45, 7) is 0. The molecule has 0 heterocycles. The summed E-state index contributed by atoms with van der Waals surface area (Å²) in [6, 6.07) is 14.3. The van der Waals surface area contributed by atoms with Gasteiger partial charge < -0.3 is 0 Å². The van der Waals surface area contributed by atoms with Gasteiger partial charge in [-0.2, -0.15) is 10.5 Å². The van der Waals surface area contributed by atoms with Gasteiger partial charge in [-0.1, -0.05) is 42.5 Å². The number of carbonyl (C=O) groups is 1. The number of nitriles is 2. The molecule has 0 spiro atoms. The number of Topliss-reactive ketones (excluding diaryl/α,β-unsaturated/α-hetero) is 1. The molecule has 3 nitrogen and oxygen atoms in total. The van der Waals surface area contributed by atoms with Gasteiger partial charge in [0, 0.05) is 11.3 Å². The molecule has 1 aromatic carbocycles. The molecule has 0 N–H and O–H groups in total. The normalized spacial score (nSPS) is 40.4. The van der Waals surface area contributed by atoms with E-state index in [4.69, 9.17) is 0 Å². The van der Waals surface area contributed by atoms with Crippen molar-refractivity contribution in [3.05, 3.63) is 42.0 Å². The largest absolute Gasteiger partial charge is 0.299 e. The van der Waals surface area contributed by atoms with Crippen LogP contribution in [0.5, 0.6) is 0 Å². The Kier molecular flexibility index (Phi) is 3.60. The first-order chi connectivity index (χ1) is 13.1. The summed E-state index contributed by atoms with van der Waals surface area (Å²) in [7, 11) is 0. The van der Waals surface area contributed by atoms with Gasteiger partial charge in [-0.15, -0.1) is 0 Å². The van der Waals surface area contributed by atoms with Crippen LogP contribution < -0.4 is 0 Å². The molecule has 2 unspecified atom stereocenters. The summed E-state index contributed by atoms with van der Waals surface area (Å²) in [5, 5.41) is 19.5. The van der Waals surface area contributed by atoms with Crippen molar-refractivity contribution in [1.82, 2.24) is 0 Å². The van der Waals surface area contributed by atoms with E-state index in [1.807, 2.05) is 42.5 Å². The Morgan fingerprint density at radius 3 is 2.04 bits per heavy atom. The third-order valence-corrected chi connectivity index (χ3v) is 7.78. The van der Waals surface area contributed by atoms with Gasteiger partial charge in [0.05, 0.1) is 18.1 Å². The van der Waals surface area contributed by atoms with Crippen LogP contribution in [0.1, 0.15) is 44.1 Å². The second-order valence-electron chi connectivity index (χ2n) is 9.43. The SMILES string of the molecule is N#CC1(C#N)C(C=Cc2ccccc2)C1C(=O)C12CC3CC(CC(C3)C1)C2. The van der Waals surface area contributed by atoms with E-state index in [9.17, 15) is 15.3 Å². The van der Waals surface area contributed by atoms with Gasteiger partial charge in [-0.25, -0.2) is 0 Å². The van der Waals surface area contributed by atoms with Crippen molar-refractivity contribution in [3.63, 3.8) is 0 Å². The Morgan fingerprint density at radius 2 is 1.52 bits per heavy atom. The van der Waals surface area contributed by atoms with E-state index >= 15 is 0 Å². The third-order valence-electron chi connectivity index (χ3n) is 7.78. The zero-order valence-corrected chi connectivity index (χ0v) is 15.5. The number of allylic oxidation sites excluding steroid dienone is 1. The van der Waals surface area contributed by atoms with E-state index in [0.29, 0.717) is 17.8 Å². The Morgan fingerprint density at radius 1 is 0.963 bits per heavy atom. The van der Waals surface area contributed by atoms with Crippen molar-refractivity contribution in [3.8, 4) is 12.1 Å². The van der Waals surface area contributed by atoms with Crippen LogP contribution in [0, 0.1) is 63.1 Å². The van der Waals surface area contributed by atoms with E-state index in [1.165, 1.54) is 19.3 Å². The highest BCUT2D eigenvalue weighted by molar-refractivity contribution is 5.93. The summed E-state index contributed by atoms with van der Waals surface area (Å²) in [6.07, 6.45) is 10.7. The van der Waals surface area contributed by atoms with Crippen LogP contribution in [-0.2, 0) is 4.79 Å². The fourth-order valence-corrected chi connectivity index (χ4v) is 6.88. The standard InChI is InChI=1S/C24H24N2O/c25-14-24(15-26)20(7-6-16-4-2-1-3-5-16)21(24)22(27)23-11-17-8-18(12-23)10-19(9-17)13-23/h1-7,17-21H,8-13H2. The lowest BCUT2D eigenvalue weighted by atomic mass is 9.48. The number of carbonyl (C=O) groups excluding carboxylic acids is 1. The molecular formula is C24H24N2O. The zero-order chi connectivity index (χ0) is 18.6. The van der Waals surface area contributed by atoms with Crippen LogP contribution in [0.4, 0.5) is 0 Å². The molecule has 5 aliphatic carbocycles. The van der Waals surface area contributed by atoms with E-state index in [0.717, 1.165) is 24.8 Å². The van der Waals surface area contributed by atoms with E-state index in [2.05, 4.69) is 12.1 Å². The quantitative estimate of drug-likeness (QED) is 0.781. The third kappa shape index (κ3) is 2.41. The molecule has 5 fully saturated rings. The van der Waals surface area contributed by atoms with Crippen LogP contribution in [-0.4, -0.2) is 5.78 Å². The van der Waals surface area contributed by atoms with Gasteiger partial charge in [-0.3, -0.25) is 4.79 Å². The van der Waals surface area contributed by atoms with Gasteiger partial charge in [0.15, 0.2) is 5.41 Å². The lowest BCUT2D eigenvalue weighted by Crippen LogP contribution is -2.50. The highest BCUT2D eigenvalue weighted by Gasteiger charge is 2.72. The molecule has 0 aliphatic heterocycles. The first-order valence-corrected chi connectivity index (χ1v) is 10.2. The Labute approximate surface area is 160 Å². The van der Waals surface area contributed by atoms with Crippen LogP contribution in [0.25, 0.3) is 6.08 Å². The average Bonchev–Trinajstić information content (AvgIpc) is 3.33. The van der Waals surface area contributed by atoms with Crippen LogP contribution in [0.3, 0.4) is 0 Å². The van der Waals surface area contributed by atoms with Crippen molar-refractivity contribution >= 4 is 11.9 Å². The Balaban J connectivity index is 1.43. The van der Waals surface area contributed by atoms with Crippen LogP contribution in [0.2, 0.25) is 0 Å². The summed E-state index contributed by atoms with van der Waals surface area (Å²) in [5.74, 6) is 1.59. The molecule has 5 aliphatic rings. The summed E-state index contributed by atoms with van der Waals surface area (Å²) in [4.78, 5) is 13.7. The first-order valence-electron chi connectivity index (χ1n) is 10.2. The first kappa shape index (κ1) is 16.8. The minimum absolute atomic E-state index is 0.229. The van der Waals surface area contributed by atoms with Crippen LogP contribution in [0.15, 0.2) is 36.4 Å². The number of hydrogen-bond acceptors (Lipinski definition) is 3. The predicted molar refractivity (Wildman–Crippen MR) is 102 cm³/mol. The average molecular weight is 356 g/mol. The molecule has 1 aromatic rings. The van der Waals surface area contributed by atoms with Gasteiger partial charge in [0.25, 0.3) is 0 Å². The maximum absolute atomic E-state index is 13.7. The number of ketones is 1. The molecule has 2 atom stereocenters. The fourth-order valence-electron chi connectivity index (χ4n) is 6.88. The Bertz CT molecular complexity index is 836. The lowest BCUT2D eigenvalue weighted by Gasteiger charge is -2.56. The van der Waals surface area contributed by atoms with Crippen molar-refractivity contribution < 1.29 is 4.79 Å². The highest BCUT2D eigenvalue weighted by atomic mass is 16.1. The monoisotopic (exact) mass is 356 g/mol. The molecule has 3 heteroatoms. The maximum atomic E-state index is 13.7. The molecule has 27 heavy (non-hydrogen) atoms. The molecule has 6 rings (SSSR count). The molecule has 5 saturated carbocycles. The van der Waals surface area contributed by atoms with Gasteiger partial charge in [0.1, 0.15) is 5.78 Å². The van der Waals surface area contributed by atoms with Gasteiger partial charge in [-0.05, 0) is 61.8 Å². The van der Waals surface area contributed by atoms with Gasteiger partial charge >= 0.3 is 0 Å². The van der Waals surface area contributed by atoms with Gasteiger partial charge in [0.2, 0.25) is 0 Å².